The highest BCUT2D eigenvalue weighted by Gasteiger charge is 2.48. The van der Waals surface area contributed by atoms with Crippen LogP contribution < -0.4 is 14.4 Å². The van der Waals surface area contributed by atoms with E-state index in [0.717, 1.165) is 5.56 Å². The second-order valence-corrected chi connectivity index (χ2v) is 9.31. The number of aliphatic hydroxyl groups excluding tert-OH is 1. The number of amides is 1. The maximum atomic E-state index is 13.4. The summed E-state index contributed by atoms with van der Waals surface area (Å²) < 4.78 is 10.7. The second kappa shape index (κ2) is 9.46. The number of nitrogens with zero attached hydrogens (tertiary/aromatic N) is 2. The van der Waals surface area contributed by atoms with Crippen molar-refractivity contribution in [2.24, 2.45) is 0 Å². The predicted molar refractivity (Wildman–Crippen MR) is 142 cm³/mol. The van der Waals surface area contributed by atoms with Crippen LogP contribution in [-0.2, 0) is 9.59 Å². The number of ether oxygens (including phenoxy) is 2. The molecule has 0 radical (unpaired) electrons. The van der Waals surface area contributed by atoms with Crippen LogP contribution in [0.1, 0.15) is 22.7 Å². The third-order valence-corrected chi connectivity index (χ3v) is 6.94. The average Bonchev–Trinajstić information content (AvgIpc) is 3.41. The molecule has 188 valence electrons. The SMILES string of the molecule is COc1cc2nc(N3C(=O)C(=O)/C(=C(/O)c4ccc(Cl)c(Cl)c4)C3c3cccc(C)c3)[nH]c2cc1OC. The number of nitrogens with one attached hydrogen (secondary N) is 1. The van der Waals surface area contributed by atoms with Gasteiger partial charge in [0.1, 0.15) is 5.76 Å². The zero-order valence-corrected chi connectivity index (χ0v) is 21.5. The minimum absolute atomic E-state index is 0.0930. The summed E-state index contributed by atoms with van der Waals surface area (Å²) >= 11 is 12.2. The minimum atomic E-state index is -0.960. The normalized spacial score (nSPS) is 17.0. The predicted octanol–water partition coefficient (Wildman–Crippen LogP) is 5.82. The molecule has 0 aliphatic carbocycles. The van der Waals surface area contributed by atoms with Gasteiger partial charge in [0.2, 0.25) is 5.95 Å². The Labute approximate surface area is 222 Å². The zero-order chi connectivity index (χ0) is 26.4. The third-order valence-electron chi connectivity index (χ3n) is 6.20. The van der Waals surface area contributed by atoms with Crippen LogP contribution in [0.4, 0.5) is 5.95 Å². The van der Waals surface area contributed by atoms with Gasteiger partial charge in [-0.3, -0.25) is 14.5 Å². The third kappa shape index (κ3) is 4.18. The molecule has 5 rings (SSSR count). The number of hydrogen-bond acceptors (Lipinski definition) is 6. The fourth-order valence-electron chi connectivity index (χ4n) is 4.44. The Hall–Kier alpha value is -4.01. The Morgan fingerprint density at radius 1 is 1.00 bits per heavy atom. The number of rotatable bonds is 5. The molecular formula is C27H21Cl2N3O5. The Morgan fingerprint density at radius 3 is 2.41 bits per heavy atom. The first kappa shape index (κ1) is 24.7. The average molecular weight is 538 g/mol. The Kier molecular flexibility index (Phi) is 6.31. The molecule has 2 heterocycles. The highest BCUT2D eigenvalue weighted by Crippen LogP contribution is 2.43. The minimum Gasteiger partial charge on any atom is -0.507 e. The maximum absolute atomic E-state index is 13.4. The smallest absolute Gasteiger partial charge is 0.302 e. The number of aryl methyl sites for hydroxylation is 1. The summed E-state index contributed by atoms with van der Waals surface area (Å²) in [5.74, 6) is -0.999. The number of H-pyrrole nitrogens is 1. The van der Waals surface area contributed by atoms with Crippen LogP contribution in [0.15, 0.2) is 60.2 Å². The standard InChI is InChI=1S/C27H21Cl2N3O5/c1-13-5-4-6-14(9-13)23-22(24(33)15-7-8-16(28)17(29)10-15)25(34)26(35)32(23)27-30-18-11-20(36-2)21(37-3)12-19(18)31-27/h4-12,23,33H,1-3H3,(H,30,31)/b24-22+. The Bertz CT molecular complexity index is 1570. The van der Waals surface area contributed by atoms with Gasteiger partial charge in [0.05, 0.1) is 46.9 Å². The van der Waals surface area contributed by atoms with E-state index in [1.54, 1.807) is 18.2 Å². The molecule has 8 nitrogen and oxygen atoms in total. The first-order valence-corrected chi connectivity index (χ1v) is 11.9. The number of hydrogen-bond donors (Lipinski definition) is 2. The molecule has 1 atom stereocenters. The van der Waals surface area contributed by atoms with Crippen molar-refractivity contribution in [1.29, 1.82) is 0 Å². The van der Waals surface area contributed by atoms with Gasteiger partial charge in [-0.25, -0.2) is 4.98 Å². The van der Waals surface area contributed by atoms with E-state index in [1.807, 2.05) is 25.1 Å². The highest BCUT2D eigenvalue weighted by molar-refractivity contribution is 6.51. The number of halogens is 2. The number of carbonyl (C=O) groups is 2. The number of imidazole rings is 1. The van der Waals surface area contributed by atoms with Crippen LogP contribution in [0.3, 0.4) is 0 Å². The van der Waals surface area contributed by atoms with Crippen molar-refractivity contribution in [2.45, 2.75) is 13.0 Å². The van der Waals surface area contributed by atoms with E-state index in [0.29, 0.717) is 33.1 Å². The molecule has 0 bridgehead atoms. The molecule has 10 heteroatoms. The summed E-state index contributed by atoms with van der Waals surface area (Å²) in [6.07, 6.45) is 0. The molecule has 1 aliphatic rings. The van der Waals surface area contributed by atoms with E-state index in [-0.39, 0.29) is 27.9 Å². The maximum Gasteiger partial charge on any atom is 0.302 e. The summed E-state index contributed by atoms with van der Waals surface area (Å²) in [6.45, 7) is 1.90. The summed E-state index contributed by atoms with van der Waals surface area (Å²) in [4.78, 5) is 35.8. The molecule has 1 unspecified atom stereocenters. The molecule has 2 N–H and O–H groups in total. The van der Waals surface area contributed by atoms with Gasteiger partial charge in [-0.05, 0) is 30.7 Å². The zero-order valence-electron chi connectivity index (χ0n) is 20.0. The number of methoxy groups -OCH3 is 2. The van der Waals surface area contributed by atoms with Crippen molar-refractivity contribution >= 4 is 57.6 Å². The van der Waals surface area contributed by atoms with E-state index in [2.05, 4.69) is 9.97 Å². The number of carbonyl (C=O) groups excluding carboxylic acids is 2. The number of benzene rings is 3. The van der Waals surface area contributed by atoms with Crippen molar-refractivity contribution in [1.82, 2.24) is 9.97 Å². The van der Waals surface area contributed by atoms with Gasteiger partial charge < -0.3 is 19.6 Å². The molecule has 0 spiro atoms. The van der Waals surface area contributed by atoms with E-state index < -0.39 is 17.7 Å². The molecule has 4 aromatic rings. The molecule has 0 saturated carbocycles. The van der Waals surface area contributed by atoms with Gasteiger partial charge in [0, 0.05) is 17.7 Å². The summed E-state index contributed by atoms with van der Waals surface area (Å²) in [7, 11) is 3.02. The van der Waals surface area contributed by atoms with Crippen molar-refractivity contribution in [3.63, 3.8) is 0 Å². The lowest BCUT2D eigenvalue weighted by molar-refractivity contribution is -0.132. The fourth-order valence-corrected chi connectivity index (χ4v) is 4.74. The lowest BCUT2D eigenvalue weighted by atomic mass is 9.94. The van der Waals surface area contributed by atoms with Crippen LogP contribution in [-0.4, -0.2) is 41.0 Å². The Balaban J connectivity index is 1.73. The van der Waals surface area contributed by atoms with Crippen molar-refractivity contribution in [2.75, 3.05) is 19.1 Å². The van der Waals surface area contributed by atoms with E-state index in [9.17, 15) is 14.7 Å². The number of ketones is 1. The first-order valence-electron chi connectivity index (χ1n) is 11.2. The second-order valence-electron chi connectivity index (χ2n) is 8.50. The summed E-state index contributed by atoms with van der Waals surface area (Å²) in [5, 5.41) is 11.8. The van der Waals surface area contributed by atoms with Crippen molar-refractivity contribution in [3.05, 3.63) is 86.9 Å². The van der Waals surface area contributed by atoms with Crippen molar-refractivity contribution < 1.29 is 24.2 Å². The summed E-state index contributed by atoms with van der Waals surface area (Å²) in [6, 6.07) is 14.2. The van der Waals surface area contributed by atoms with Gasteiger partial charge >= 0.3 is 5.91 Å². The molecule has 3 aromatic carbocycles. The van der Waals surface area contributed by atoms with Crippen LogP contribution in [0.5, 0.6) is 11.5 Å². The Morgan fingerprint density at radius 2 is 1.73 bits per heavy atom. The van der Waals surface area contributed by atoms with Crippen LogP contribution in [0, 0.1) is 6.92 Å². The monoisotopic (exact) mass is 537 g/mol. The lowest BCUT2D eigenvalue weighted by Crippen LogP contribution is -2.30. The molecular weight excluding hydrogens is 517 g/mol. The fraction of sp³-hybridized carbons (Fsp3) is 0.148. The van der Waals surface area contributed by atoms with E-state index in [1.165, 1.54) is 37.3 Å². The molecule has 1 aromatic heterocycles. The summed E-state index contributed by atoms with van der Waals surface area (Å²) in [5.41, 5.74) is 2.77. The number of Topliss-reactive ketones (excluding diaryl/α,β-unsaturated/α-hetero) is 1. The molecule has 1 aliphatic heterocycles. The molecule has 37 heavy (non-hydrogen) atoms. The van der Waals surface area contributed by atoms with Gasteiger partial charge in [0.25, 0.3) is 5.78 Å². The van der Waals surface area contributed by atoms with Crippen molar-refractivity contribution in [3.8, 4) is 11.5 Å². The number of aliphatic hydroxyl groups is 1. The number of aromatic nitrogens is 2. The van der Waals surface area contributed by atoms with Crippen LogP contribution in [0.25, 0.3) is 16.8 Å². The topological polar surface area (TPSA) is 105 Å². The quantitative estimate of drug-likeness (QED) is 0.189. The number of aromatic amines is 1. The van der Waals surface area contributed by atoms with Crippen LogP contribution >= 0.6 is 23.2 Å². The molecule has 1 fully saturated rings. The van der Waals surface area contributed by atoms with Gasteiger partial charge in [-0.2, -0.15) is 0 Å². The number of fused-ring (bicyclic) bond motifs is 1. The first-order chi connectivity index (χ1) is 17.7. The van der Waals surface area contributed by atoms with E-state index in [4.69, 9.17) is 32.7 Å². The van der Waals surface area contributed by atoms with Gasteiger partial charge in [0.15, 0.2) is 11.5 Å². The van der Waals surface area contributed by atoms with Crippen LogP contribution in [0.2, 0.25) is 10.0 Å². The van der Waals surface area contributed by atoms with Gasteiger partial charge in [-0.15, -0.1) is 0 Å². The highest BCUT2D eigenvalue weighted by atomic mass is 35.5. The van der Waals surface area contributed by atoms with E-state index >= 15 is 0 Å². The molecule has 1 saturated heterocycles. The molecule has 1 amide bonds. The lowest BCUT2D eigenvalue weighted by Gasteiger charge is -2.23. The number of anilines is 1. The van der Waals surface area contributed by atoms with Gasteiger partial charge in [-0.1, -0.05) is 53.0 Å². The largest absolute Gasteiger partial charge is 0.507 e.